The van der Waals surface area contributed by atoms with E-state index in [0.717, 1.165) is 29.9 Å². The minimum absolute atomic E-state index is 0.0399. The molecule has 1 aromatic carbocycles. The number of carbonyl (C=O) groups excluding carboxylic acids is 2. The van der Waals surface area contributed by atoms with Crippen LogP contribution >= 0.6 is 0 Å². The number of carbonyl (C=O) groups is 2. The molecule has 1 saturated carbocycles. The van der Waals surface area contributed by atoms with E-state index >= 15 is 0 Å². The van der Waals surface area contributed by atoms with Crippen molar-refractivity contribution >= 4 is 11.8 Å². The molecule has 2 heterocycles. The molecule has 6 nitrogen and oxygen atoms in total. The molecule has 0 radical (unpaired) electrons. The van der Waals surface area contributed by atoms with Crippen molar-refractivity contribution in [3.63, 3.8) is 0 Å². The van der Waals surface area contributed by atoms with Crippen LogP contribution in [0.2, 0.25) is 0 Å². The van der Waals surface area contributed by atoms with E-state index in [9.17, 15) is 9.59 Å². The second kappa shape index (κ2) is 6.94. The van der Waals surface area contributed by atoms with Gasteiger partial charge >= 0.3 is 0 Å². The van der Waals surface area contributed by atoms with E-state index in [1.54, 1.807) is 16.8 Å². The minimum atomic E-state index is -0.0805. The molecule has 1 aromatic heterocycles. The molecule has 1 saturated heterocycles. The molecule has 0 N–H and O–H groups in total. The van der Waals surface area contributed by atoms with Crippen LogP contribution in [-0.2, 0) is 16.1 Å². The van der Waals surface area contributed by atoms with Crippen LogP contribution in [0.1, 0.15) is 48.1 Å². The summed E-state index contributed by atoms with van der Waals surface area (Å²) in [4.78, 5) is 28.1. The highest BCUT2D eigenvalue weighted by Gasteiger charge is 2.32. The lowest BCUT2D eigenvalue weighted by Crippen LogP contribution is -2.38. The quantitative estimate of drug-likeness (QED) is 0.800. The third-order valence-electron chi connectivity index (χ3n) is 5.19. The van der Waals surface area contributed by atoms with Gasteiger partial charge in [0.25, 0.3) is 0 Å². The van der Waals surface area contributed by atoms with Crippen molar-refractivity contribution in [1.29, 1.82) is 0 Å². The average Bonchev–Trinajstić information content (AvgIpc) is 3.29. The fourth-order valence-corrected chi connectivity index (χ4v) is 3.45. The summed E-state index contributed by atoms with van der Waals surface area (Å²) in [6.07, 6.45) is 2.78. The first-order valence-corrected chi connectivity index (χ1v) is 9.12. The molecule has 1 aliphatic carbocycles. The molecule has 0 bridgehead atoms. The van der Waals surface area contributed by atoms with Gasteiger partial charge in [-0.15, -0.1) is 0 Å². The van der Waals surface area contributed by atoms with E-state index < -0.39 is 0 Å². The van der Waals surface area contributed by atoms with Gasteiger partial charge in [0, 0.05) is 37.9 Å². The molecule has 4 rings (SSSR count). The molecule has 1 atom stereocenters. The largest absolute Gasteiger partial charge is 0.361 e. The van der Waals surface area contributed by atoms with Crippen molar-refractivity contribution in [3.05, 3.63) is 53.4 Å². The summed E-state index contributed by atoms with van der Waals surface area (Å²) in [6, 6.07) is 11.9. The van der Waals surface area contributed by atoms with Crippen LogP contribution < -0.4 is 0 Å². The van der Waals surface area contributed by atoms with Gasteiger partial charge in [0.2, 0.25) is 11.8 Å². The molecule has 2 fully saturated rings. The molecule has 1 unspecified atom stereocenters. The van der Waals surface area contributed by atoms with Crippen LogP contribution in [0, 0.1) is 0 Å². The Hall–Kier alpha value is -2.63. The fourth-order valence-electron chi connectivity index (χ4n) is 3.45. The number of hydrogen-bond donors (Lipinski definition) is 0. The molecule has 0 spiro atoms. The summed E-state index contributed by atoms with van der Waals surface area (Å²) in [5.41, 5.74) is 1.91. The first kappa shape index (κ1) is 16.8. The van der Waals surface area contributed by atoms with Gasteiger partial charge < -0.3 is 14.3 Å². The highest BCUT2D eigenvalue weighted by molar-refractivity contribution is 5.86. The maximum atomic E-state index is 12.5. The van der Waals surface area contributed by atoms with Gasteiger partial charge in [-0.2, -0.15) is 0 Å². The van der Waals surface area contributed by atoms with Crippen LogP contribution in [0.5, 0.6) is 0 Å². The van der Waals surface area contributed by atoms with Crippen molar-refractivity contribution < 1.29 is 14.1 Å². The second-order valence-corrected chi connectivity index (χ2v) is 7.33. The Morgan fingerprint density at radius 1 is 1.27 bits per heavy atom. The second-order valence-electron chi connectivity index (χ2n) is 7.33. The lowest BCUT2D eigenvalue weighted by atomic mass is 9.99. The van der Waals surface area contributed by atoms with Crippen LogP contribution in [-0.4, -0.2) is 46.9 Å². The summed E-state index contributed by atoms with van der Waals surface area (Å²) in [5, 5.41) is 4.05. The fraction of sp³-hybridized carbons (Fsp3) is 0.450. The molecular formula is C20H23N3O3. The first-order valence-electron chi connectivity index (χ1n) is 9.12. The van der Waals surface area contributed by atoms with Crippen LogP contribution in [0.25, 0.3) is 0 Å². The van der Waals surface area contributed by atoms with Gasteiger partial charge in [-0.05, 0) is 18.4 Å². The Kier molecular flexibility index (Phi) is 4.49. The smallest absolute Gasteiger partial charge is 0.242 e. The minimum Gasteiger partial charge on any atom is -0.361 e. The third kappa shape index (κ3) is 3.64. The van der Waals surface area contributed by atoms with Crippen LogP contribution in [0.15, 0.2) is 40.9 Å². The summed E-state index contributed by atoms with van der Waals surface area (Å²) in [6.45, 7) is 1.11. The van der Waals surface area contributed by atoms with Gasteiger partial charge in [0.15, 0.2) is 0 Å². The molecule has 2 amide bonds. The van der Waals surface area contributed by atoms with E-state index in [1.165, 1.54) is 0 Å². The molecule has 2 aliphatic rings. The number of likely N-dealkylation sites (N-methyl/N-ethyl adjacent to an activating group) is 1. The van der Waals surface area contributed by atoms with E-state index in [1.807, 2.05) is 36.4 Å². The number of rotatable bonds is 6. The van der Waals surface area contributed by atoms with Gasteiger partial charge in [-0.3, -0.25) is 9.59 Å². The Labute approximate surface area is 152 Å². The summed E-state index contributed by atoms with van der Waals surface area (Å²) in [7, 11) is 1.74. The maximum absolute atomic E-state index is 12.5. The SMILES string of the molecule is CN(Cc1cc(C2CC2)on1)C(=O)CN1CC(c2ccccc2)CC1=O. The zero-order valence-electron chi connectivity index (χ0n) is 14.9. The lowest BCUT2D eigenvalue weighted by molar-refractivity contribution is -0.137. The average molecular weight is 353 g/mol. The highest BCUT2D eigenvalue weighted by Crippen LogP contribution is 2.40. The predicted molar refractivity (Wildman–Crippen MR) is 95.3 cm³/mol. The van der Waals surface area contributed by atoms with Gasteiger partial charge in [-0.25, -0.2) is 0 Å². The summed E-state index contributed by atoms with van der Waals surface area (Å²) >= 11 is 0. The molecular weight excluding hydrogens is 330 g/mol. The monoisotopic (exact) mass is 353 g/mol. The zero-order valence-corrected chi connectivity index (χ0v) is 14.9. The number of likely N-dealkylation sites (tertiary alicyclic amines) is 1. The van der Waals surface area contributed by atoms with E-state index in [-0.39, 0.29) is 24.3 Å². The molecule has 1 aliphatic heterocycles. The number of amides is 2. The normalized spacial score (nSPS) is 19.8. The summed E-state index contributed by atoms with van der Waals surface area (Å²) < 4.78 is 5.33. The van der Waals surface area contributed by atoms with Crippen molar-refractivity contribution in [1.82, 2.24) is 15.0 Å². The maximum Gasteiger partial charge on any atom is 0.242 e. The Bertz CT molecular complexity index is 798. The van der Waals surface area contributed by atoms with Gasteiger partial charge in [0.1, 0.15) is 11.5 Å². The third-order valence-corrected chi connectivity index (χ3v) is 5.19. The molecule has 2 aromatic rings. The zero-order chi connectivity index (χ0) is 18.1. The lowest BCUT2D eigenvalue weighted by Gasteiger charge is -2.21. The first-order chi connectivity index (χ1) is 12.6. The van der Waals surface area contributed by atoms with Crippen molar-refractivity contribution in [2.24, 2.45) is 0 Å². The van der Waals surface area contributed by atoms with Crippen molar-refractivity contribution in [2.75, 3.05) is 20.1 Å². The Morgan fingerprint density at radius 2 is 2.04 bits per heavy atom. The number of hydrogen-bond acceptors (Lipinski definition) is 4. The number of nitrogens with zero attached hydrogens (tertiary/aromatic N) is 3. The Balaban J connectivity index is 1.32. The van der Waals surface area contributed by atoms with Crippen molar-refractivity contribution in [3.8, 4) is 0 Å². The van der Waals surface area contributed by atoms with Gasteiger partial charge in [-0.1, -0.05) is 35.5 Å². The summed E-state index contributed by atoms with van der Waals surface area (Å²) in [5.74, 6) is 1.55. The van der Waals surface area contributed by atoms with E-state index in [0.29, 0.717) is 25.4 Å². The number of benzene rings is 1. The highest BCUT2D eigenvalue weighted by atomic mass is 16.5. The molecule has 26 heavy (non-hydrogen) atoms. The molecule has 136 valence electrons. The van der Waals surface area contributed by atoms with Crippen LogP contribution in [0.4, 0.5) is 0 Å². The van der Waals surface area contributed by atoms with Crippen LogP contribution in [0.3, 0.4) is 0 Å². The standard InChI is InChI=1S/C20H23N3O3/c1-22(12-17-10-18(26-21-17)15-7-8-15)20(25)13-23-11-16(9-19(23)24)14-5-3-2-4-6-14/h2-6,10,15-16H,7-9,11-13H2,1H3. The Morgan fingerprint density at radius 3 is 2.77 bits per heavy atom. The van der Waals surface area contributed by atoms with E-state index in [2.05, 4.69) is 5.16 Å². The van der Waals surface area contributed by atoms with Gasteiger partial charge in [0.05, 0.1) is 13.1 Å². The topological polar surface area (TPSA) is 66.7 Å². The number of aromatic nitrogens is 1. The van der Waals surface area contributed by atoms with E-state index in [4.69, 9.17) is 4.52 Å². The molecule has 6 heteroatoms. The van der Waals surface area contributed by atoms with Crippen molar-refractivity contribution in [2.45, 2.75) is 37.6 Å². The predicted octanol–water partition coefficient (Wildman–Crippen LogP) is 2.53.